The number of carbonyl (C=O) groups is 2. The molecular weight excluding hydrogens is 294 g/mol. The van der Waals surface area contributed by atoms with Crippen molar-refractivity contribution in [2.24, 2.45) is 5.92 Å². The van der Waals surface area contributed by atoms with Crippen molar-refractivity contribution in [3.05, 3.63) is 16.0 Å². The molecule has 1 atom stereocenters. The number of thiophene rings is 1. The molecule has 0 saturated carbocycles. The molecule has 0 aliphatic heterocycles. The third-order valence-electron chi connectivity index (χ3n) is 3.38. The normalized spacial score (nSPS) is 17.4. The van der Waals surface area contributed by atoms with E-state index in [1.54, 1.807) is 6.92 Å². The van der Waals surface area contributed by atoms with Crippen molar-refractivity contribution in [1.29, 1.82) is 0 Å². The van der Waals surface area contributed by atoms with Crippen LogP contribution in [0.15, 0.2) is 0 Å². The fourth-order valence-corrected chi connectivity index (χ4v) is 3.91. The van der Waals surface area contributed by atoms with E-state index >= 15 is 0 Å². The largest absolute Gasteiger partial charge is 0.462 e. The average molecular weight is 312 g/mol. The Balaban J connectivity index is 2.39. The van der Waals surface area contributed by atoms with Gasteiger partial charge in [0.25, 0.3) is 0 Å². The zero-order valence-corrected chi connectivity index (χ0v) is 13.3. The lowest BCUT2D eigenvalue weighted by Gasteiger charge is -2.18. The quantitative estimate of drug-likeness (QED) is 0.869. The zero-order valence-electron chi connectivity index (χ0n) is 11.7. The third-order valence-corrected chi connectivity index (χ3v) is 4.81. The minimum absolute atomic E-state index is 0.0127. The number of hydrogen-bond acceptors (Lipinski definition) is 4. The molecule has 0 saturated heterocycles. The van der Waals surface area contributed by atoms with Crippen LogP contribution in [0.3, 0.4) is 0 Å². The zero-order chi connectivity index (χ0) is 14.7. The number of ether oxygens (including phenoxy) is 1. The maximum absolute atomic E-state index is 12.2. The van der Waals surface area contributed by atoms with Gasteiger partial charge in [0.05, 0.1) is 17.9 Å². The van der Waals surface area contributed by atoms with Crippen LogP contribution in [-0.4, -0.2) is 24.2 Å². The van der Waals surface area contributed by atoms with Crippen molar-refractivity contribution >= 4 is 40.8 Å². The summed E-state index contributed by atoms with van der Waals surface area (Å²) in [6.45, 7) is 4.31. The van der Waals surface area contributed by atoms with Crippen LogP contribution in [0.25, 0.3) is 0 Å². The first-order valence-electron chi connectivity index (χ1n) is 6.76. The number of hydrogen-bond donors (Lipinski definition) is 1. The van der Waals surface area contributed by atoms with Crippen LogP contribution in [-0.2, 0) is 22.4 Å². The number of fused-ring (bicyclic) bond motifs is 1. The smallest absolute Gasteiger partial charge is 0.341 e. The van der Waals surface area contributed by atoms with Crippen molar-refractivity contribution in [2.45, 2.75) is 33.1 Å². The van der Waals surface area contributed by atoms with Gasteiger partial charge in [-0.15, -0.1) is 11.3 Å². The minimum Gasteiger partial charge on any atom is -0.462 e. The standard InChI is InChI=1S/C14H18NO3S2/c1-3-18-14(17)12-9-5-4-8(2)6-10(9)20-13(12)15-11(16)7-19/h8H,3-7H2,1-2H3,(H,15,16). The molecule has 1 aliphatic carbocycles. The van der Waals surface area contributed by atoms with Crippen LogP contribution < -0.4 is 5.32 Å². The summed E-state index contributed by atoms with van der Waals surface area (Å²) >= 11 is 6.22. The van der Waals surface area contributed by atoms with E-state index in [4.69, 9.17) is 17.4 Å². The molecule has 0 aromatic carbocycles. The molecule has 0 spiro atoms. The Labute approximate surface area is 128 Å². The van der Waals surface area contributed by atoms with E-state index in [-0.39, 0.29) is 17.6 Å². The highest BCUT2D eigenvalue weighted by Gasteiger charge is 2.28. The van der Waals surface area contributed by atoms with E-state index in [2.05, 4.69) is 12.2 Å². The fourth-order valence-electron chi connectivity index (χ4n) is 2.42. The van der Waals surface area contributed by atoms with Gasteiger partial charge in [-0.2, -0.15) is 0 Å². The van der Waals surface area contributed by atoms with E-state index in [1.165, 1.54) is 16.2 Å². The number of nitrogens with one attached hydrogen (secondary N) is 1. The predicted molar refractivity (Wildman–Crippen MR) is 82.6 cm³/mol. The summed E-state index contributed by atoms with van der Waals surface area (Å²) in [7, 11) is 0. The topological polar surface area (TPSA) is 55.4 Å². The van der Waals surface area contributed by atoms with Gasteiger partial charge in [-0.05, 0) is 37.7 Å². The fraction of sp³-hybridized carbons (Fsp3) is 0.571. The highest BCUT2D eigenvalue weighted by atomic mass is 32.1. The van der Waals surface area contributed by atoms with Crippen LogP contribution >= 0.6 is 24.0 Å². The first kappa shape index (κ1) is 15.4. The number of anilines is 1. The Hall–Kier alpha value is -1.01. The van der Waals surface area contributed by atoms with Crippen molar-refractivity contribution in [3.8, 4) is 0 Å². The van der Waals surface area contributed by atoms with Crippen LogP contribution in [0, 0.1) is 5.92 Å². The number of carbonyl (C=O) groups excluding carboxylic acids is 2. The van der Waals surface area contributed by atoms with Crippen LogP contribution in [0.5, 0.6) is 0 Å². The highest BCUT2D eigenvalue weighted by Crippen LogP contribution is 2.40. The lowest BCUT2D eigenvalue weighted by Crippen LogP contribution is -2.17. The SMILES string of the molecule is CCOC(=O)c1c(NC(=O)C[S])sc2c1CCC(C)C2. The molecule has 1 unspecified atom stereocenters. The Morgan fingerprint density at radius 3 is 2.90 bits per heavy atom. The molecule has 1 heterocycles. The molecule has 4 nitrogen and oxygen atoms in total. The molecule has 1 aromatic rings. The first-order valence-corrected chi connectivity index (χ1v) is 8.15. The summed E-state index contributed by atoms with van der Waals surface area (Å²) in [4.78, 5) is 24.9. The number of rotatable bonds is 4. The molecule has 1 N–H and O–H groups in total. The summed E-state index contributed by atoms with van der Waals surface area (Å²) in [5, 5.41) is 3.34. The first-order chi connectivity index (χ1) is 9.56. The van der Waals surface area contributed by atoms with Gasteiger partial charge in [0.2, 0.25) is 5.91 Å². The van der Waals surface area contributed by atoms with Crippen molar-refractivity contribution in [3.63, 3.8) is 0 Å². The summed E-state index contributed by atoms with van der Waals surface area (Å²) in [5.41, 5.74) is 1.58. The van der Waals surface area contributed by atoms with Gasteiger partial charge >= 0.3 is 5.97 Å². The minimum atomic E-state index is -0.348. The predicted octanol–water partition coefficient (Wildman–Crippen LogP) is 3.19. The lowest BCUT2D eigenvalue weighted by atomic mass is 9.88. The van der Waals surface area contributed by atoms with Crippen molar-refractivity contribution in [1.82, 2.24) is 0 Å². The van der Waals surface area contributed by atoms with Crippen LogP contribution in [0.4, 0.5) is 5.00 Å². The van der Waals surface area contributed by atoms with Gasteiger partial charge in [-0.1, -0.05) is 19.6 Å². The van der Waals surface area contributed by atoms with Gasteiger partial charge in [0, 0.05) is 4.88 Å². The summed E-state index contributed by atoms with van der Waals surface area (Å²) < 4.78 is 5.13. The molecule has 6 heteroatoms. The molecule has 1 aromatic heterocycles. The Kier molecular flexibility index (Phi) is 5.10. The van der Waals surface area contributed by atoms with Gasteiger partial charge < -0.3 is 10.1 Å². The molecule has 0 bridgehead atoms. The second-order valence-electron chi connectivity index (χ2n) is 4.97. The lowest BCUT2D eigenvalue weighted by molar-refractivity contribution is -0.113. The van der Waals surface area contributed by atoms with E-state index in [1.807, 2.05) is 0 Å². The second-order valence-corrected chi connectivity index (χ2v) is 6.36. The Morgan fingerprint density at radius 1 is 1.50 bits per heavy atom. The van der Waals surface area contributed by atoms with E-state index in [0.29, 0.717) is 23.1 Å². The number of amides is 1. The molecule has 1 radical (unpaired) electrons. The third kappa shape index (κ3) is 3.17. The average Bonchev–Trinajstić information content (AvgIpc) is 2.75. The Morgan fingerprint density at radius 2 is 2.25 bits per heavy atom. The molecule has 0 fully saturated rings. The summed E-state index contributed by atoms with van der Waals surface area (Å²) in [6, 6.07) is 0. The van der Waals surface area contributed by atoms with Gasteiger partial charge in [-0.25, -0.2) is 4.79 Å². The Bertz CT molecular complexity index is 525. The molecule has 1 amide bonds. The monoisotopic (exact) mass is 312 g/mol. The second kappa shape index (κ2) is 6.63. The van der Waals surface area contributed by atoms with Gasteiger partial charge in [0.1, 0.15) is 5.00 Å². The van der Waals surface area contributed by atoms with E-state index < -0.39 is 0 Å². The molecular formula is C14H18NO3S2. The number of esters is 1. The highest BCUT2D eigenvalue weighted by molar-refractivity contribution is 7.81. The van der Waals surface area contributed by atoms with Gasteiger partial charge in [0.15, 0.2) is 0 Å². The molecule has 20 heavy (non-hydrogen) atoms. The maximum Gasteiger partial charge on any atom is 0.341 e. The molecule has 2 rings (SSSR count). The van der Waals surface area contributed by atoms with E-state index in [9.17, 15) is 9.59 Å². The summed E-state index contributed by atoms with van der Waals surface area (Å²) in [5.74, 6) is -0.00330. The summed E-state index contributed by atoms with van der Waals surface area (Å²) in [6.07, 6.45) is 2.88. The maximum atomic E-state index is 12.2. The van der Waals surface area contributed by atoms with E-state index in [0.717, 1.165) is 24.8 Å². The van der Waals surface area contributed by atoms with Gasteiger partial charge in [-0.3, -0.25) is 4.79 Å². The molecule has 109 valence electrons. The van der Waals surface area contributed by atoms with Crippen molar-refractivity contribution < 1.29 is 14.3 Å². The van der Waals surface area contributed by atoms with Crippen molar-refractivity contribution in [2.75, 3.05) is 17.7 Å². The van der Waals surface area contributed by atoms with Crippen LogP contribution in [0.1, 0.15) is 41.1 Å². The molecule has 1 aliphatic rings. The van der Waals surface area contributed by atoms with Crippen LogP contribution in [0.2, 0.25) is 0 Å².